The normalized spacial score (nSPS) is 14.1. The van der Waals surface area contributed by atoms with Crippen molar-refractivity contribution in [2.75, 3.05) is 4.90 Å². The van der Waals surface area contributed by atoms with Gasteiger partial charge in [0.15, 0.2) is 0 Å². The van der Waals surface area contributed by atoms with Gasteiger partial charge in [0.05, 0.1) is 23.0 Å². The van der Waals surface area contributed by atoms with Crippen molar-refractivity contribution < 1.29 is 9.90 Å². The maximum absolute atomic E-state index is 11.0. The highest BCUT2D eigenvalue weighted by Gasteiger charge is 2.20. The van der Waals surface area contributed by atoms with Crippen molar-refractivity contribution >= 4 is 22.8 Å². The number of H-pyrrole nitrogens is 1. The highest BCUT2D eigenvalue weighted by Crippen LogP contribution is 2.30. The number of amides is 1. The van der Waals surface area contributed by atoms with Crippen molar-refractivity contribution in [2.24, 2.45) is 0 Å². The molecule has 2 heterocycles. The van der Waals surface area contributed by atoms with Crippen molar-refractivity contribution in [1.82, 2.24) is 9.97 Å². The molecule has 0 atom stereocenters. The van der Waals surface area contributed by atoms with Crippen molar-refractivity contribution in [2.45, 2.75) is 6.42 Å². The first-order valence-corrected chi connectivity index (χ1v) is 4.91. The molecule has 1 aliphatic rings. The van der Waals surface area contributed by atoms with E-state index in [0.717, 1.165) is 16.6 Å². The summed E-state index contributed by atoms with van der Waals surface area (Å²) in [5.74, 6) is 0. The number of carbonyl (C=O) groups is 1. The lowest BCUT2D eigenvalue weighted by Gasteiger charge is -2.21. The Morgan fingerprint density at radius 2 is 2.38 bits per heavy atom. The fourth-order valence-corrected chi connectivity index (χ4v) is 2.01. The summed E-state index contributed by atoms with van der Waals surface area (Å²) in [6, 6.07) is 3.64. The van der Waals surface area contributed by atoms with E-state index < -0.39 is 6.09 Å². The van der Waals surface area contributed by atoms with E-state index in [1.807, 2.05) is 12.1 Å². The number of imidazole rings is 1. The Kier molecular flexibility index (Phi) is 1.73. The van der Waals surface area contributed by atoms with Crippen LogP contribution < -0.4 is 4.90 Å². The summed E-state index contributed by atoms with van der Waals surface area (Å²) in [5.41, 5.74) is 3.41. The zero-order chi connectivity index (χ0) is 11.1. The summed E-state index contributed by atoms with van der Waals surface area (Å²) in [6.07, 6.45) is 4.75. The van der Waals surface area contributed by atoms with Crippen molar-refractivity contribution in [3.63, 3.8) is 0 Å². The zero-order valence-electron chi connectivity index (χ0n) is 8.34. The number of nitrogens with one attached hydrogen (secondary N) is 1. The average molecular weight is 215 g/mol. The van der Waals surface area contributed by atoms with Crippen LogP contribution in [0, 0.1) is 0 Å². The first-order chi connectivity index (χ1) is 7.77. The largest absolute Gasteiger partial charge is 0.464 e. The molecule has 0 saturated carbocycles. The Bertz CT molecular complexity index is 600. The molecule has 0 fully saturated rings. The van der Waals surface area contributed by atoms with E-state index in [9.17, 15) is 4.79 Å². The second kappa shape index (κ2) is 3.10. The molecule has 2 N–H and O–H groups in total. The molecule has 0 unspecified atom stereocenters. The molecule has 80 valence electrons. The lowest BCUT2D eigenvalue weighted by Crippen LogP contribution is -2.26. The molecule has 0 aliphatic carbocycles. The van der Waals surface area contributed by atoms with E-state index in [2.05, 4.69) is 9.97 Å². The van der Waals surface area contributed by atoms with Gasteiger partial charge in [-0.15, -0.1) is 0 Å². The van der Waals surface area contributed by atoms with E-state index in [1.165, 1.54) is 4.90 Å². The van der Waals surface area contributed by atoms with Crippen LogP contribution in [0.2, 0.25) is 0 Å². The van der Waals surface area contributed by atoms with Gasteiger partial charge in [0.1, 0.15) is 0 Å². The summed E-state index contributed by atoms with van der Waals surface area (Å²) in [6.45, 7) is 0. The predicted molar refractivity (Wildman–Crippen MR) is 59.4 cm³/mol. The van der Waals surface area contributed by atoms with Gasteiger partial charge < -0.3 is 10.1 Å². The minimum Gasteiger partial charge on any atom is -0.464 e. The van der Waals surface area contributed by atoms with E-state index in [1.54, 1.807) is 18.6 Å². The van der Waals surface area contributed by atoms with Crippen LogP contribution in [0.3, 0.4) is 0 Å². The van der Waals surface area contributed by atoms with Crippen LogP contribution in [0.25, 0.3) is 11.0 Å². The SMILES string of the molecule is O=C(O)N1C=CCc2c1ccc1[nH]cnc21. The Morgan fingerprint density at radius 3 is 3.19 bits per heavy atom. The van der Waals surface area contributed by atoms with Crippen LogP contribution in [0.4, 0.5) is 10.5 Å². The number of benzene rings is 1. The summed E-state index contributed by atoms with van der Waals surface area (Å²) in [4.78, 5) is 19.5. The fraction of sp³-hybridized carbons (Fsp3) is 0.0909. The minimum atomic E-state index is -0.980. The van der Waals surface area contributed by atoms with E-state index in [-0.39, 0.29) is 0 Å². The first kappa shape index (κ1) is 8.96. The zero-order valence-corrected chi connectivity index (χ0v) is 8.34. The molecule has 2 aromatic rings. The van der Waals surface area contributed by atoms with Gasteiger partial charge >= 0.3 is 6.09 Å². The van der Waals surface area contributed by atoms with E-state index in [4.69, 9.17) is 5.11 Å². The van der Waals surface area contributed by atoms with Crippen molar-refractivity contribution in [1.29, 1.82) is 0 Å². The van der Waals surface area contributed by atoms with Gasteiger partial charge in [0, 0.05) is 11.8 Å². The van der Waals surface area contributed by atoms with Gasteiger partial charge in [0.25, 0.3) is 0 Å². The number of hydrogen-bond acceptors (Lipinski definition) is 2. The first-order valence-electron chi connectivity index (χ1n) is 4.91. The fourth-order valence-electron chi connectivity index (χ4n) is 2.01. The van der Waals surface area contributed by atoms with Crippen LogP contribution in [0.5, 0.6) is 0 Å². The third kappa shape index (κ3) is 1.11. The number of rotatable bonds is 0. The summed E-state index contributed by atoms with van der Waals surface area (Å²) < 4.78 is 0. The Balaban J connectivity index is 2.28. The smallest absolute Gasteiger partial charge is 0.415 e. The van der Waals surface area contributed by atoms with Crippen molar-refractivity contribution in [3.05, 3.63) is 36.3 Å². The van der Waals surface area contributed by atoms with Crippen LogP contribution in [0.15, 0.2) is 30.7 Å². The van der Waals surface area contributed by atoms with E-state index in [0.29, 0.717) is 12.1 Å². The molecule has 0 bridgehead atoms. The van der Waals surface area contributed by atoms with Gasteiger partial charge in [-0.05, 0) is 18.6 Å². The monoisotopic (exact) mass is 215 g/mol. The molecule has 5 heteroatoms. The number of allylic oxidation sites excluding steroid dienone is 1. The highest BCUT2D eigenvalue weighted by atomic mass is 16.4. The van der Waals surface area contributed by atoms with Gasteiger partial charge in [-0.1, -0.05) is 6.08 Å². The second-order valence-electron chi connectivity index (χ2n) is 3.60. The molecule has 16 heavy (non-hydrogen) atoms. The lowest BCUT2D eigenvalue weighted by atomic mass is 10.0. The highest BCUT2D eigenvalue weighted by molar-refractivity contribution is 5.95. The Hall–Kier alpha value is -2.30. The Morgan fingerprint density at radius 1 is 1.50 bits per heavy atom. The van der Waals surface area contributed by atoms with Crippen LogP contribution in [-0.4, -0.2) is 21.2 Å². The molecular weight excluding hydrogens is 206 g/mol. The molecular formula is C11H9N3O2. The molecule has 0 radical (unpaired) electrons. The van der Waals surface area contributed by atoms with Gasteiger partial charge in [0.2, 0.25) is 0 Å². The molecule has 1 aliphatic heterocycles. The maximum atomic E-state index is 11.0. The summed E-state index contributed by atoms with van der Waals surface area (Å²) >= 11 is 0. The molecule has 1 aromatic heterocycles. The van der Waals surface area contributed by atoms with Gasteiger partial charge in [-0.25, -0.2) is 9.78 Å². The molecule has 1 amide bonds. The number of aromatic nitrogens is 2. The maximum Gasteiger partial charge on any atom is 0.415 e. The van der Waals surface area contributed by atoms with Gasteiger partial charge in [-0.2, -0.15) is 0 Å². The van der Waals surface area contributed by atoms with Crippen LogP contribution in [0.1, 0.15) is 5.56 Å². The number of aromatic amines is 1. The van der Waals surface area contributed by atoms with E-state index >= 15 is 0 Å². The van der Waals surface area contributed by atoms with Crippen LogP contribution >= 0.6 is 0 Å². The summed E-state index contributed by atoms with van der Waals surface area (Å²) in [7, 11) is 0. The number of hydrogen-bond donors (Lipinski definition) is 2. The number of fused-ring (bicyclic) bond motifs is 3. The minimum absolute atomic E-state index is 0.689. The molecule has 1 aromatic carbocycles. The van der Waals surface area contributed by atoms with Crippen molar-refractivity contribution in [3.8, 4) is 0 Å². The molecule has 0 saturated heterocycles. The molecule has 3 rings (SSSR count). The number of nitrogens with zero attached hydrogens (tertiary/aromatic N) is 2. The third-order valence-corrected chi connectivity index (χ3v) is 2.71. The van der Waals surface area contributed by atoms with Crippen LogP contribution in [-0.2, 0) is 6.42 Å². The quantitative estimate of drug-likeness (QED) is 0.707. The predicted octanol–water partition coefficient (Wildman–Crippen LogP) is 2.12. The molecule has 0 spiro atoms. The lowest BCUT2D eigenvalue weighted by molar-refractivity contribution is 0.204. The standard InChI is InChI=1S/C11H9N3O2/c15-11(16)14-5-1-2-7-9(14)4-3-8-10(7)13-6-12-8/h1,3-6H,2H2,(H,12,13)(H,15,16). The second-order valence-corrected chi connectivity index (χ2v) is 3.60. The topological polar surface area (TPSA) is 69.2 Å². The van der Waals surface area contributed by atoms with Gasteiger partial charge in [-0.3, -0.25) is 4.90 Å². The molecule has 5 nitrogen and oxygen atoms in total. The number of anilines is 1. The third-order valence-electron chi connectivity index (χ3n) is 2.71. The average Bonchev–Trinajstić information content (AvgIpc) is 2.76. The summed E-state index contributed by atoms with van der Waals surface area (Å²) in [5, 5.41) is 9.05. The Labute approximate surface area is 91.0 Å². The number of carboxylic acid groups (broad SMARTS) is 1.